The summed E-state index contributed by atoms with van der Waals surface area (Å²) >= 11 is 0. The van der Waals surface area contributed by atoms with Crippen molar-refractivity contribution in [2.24, 2.45) is 13.0 Å². The zero-order chi connectivity index (χ0) is 15.7. The minimum atomic E-state index is -2.66. The molecule has 1 fully saturated rings. The predicted octanol–water partition coefficient (Wildman–Crippen LogP) is 2.63. The van der Waals surface area contributed by atoms with Crippen molar-refractivity contribution >= 4 is 5.91 Å². The van der Waals surface area contributed by atoms with Gasteiger partial charge in [-0.15, -0.1) is 0 Å². The second-order valence-corrected chi connectivity index (χ2v) is 5.45. The first-order chi connectivity index (χ1) is 10.6. The van der Waals surface area contributed by atoms with E-state index in [-0.39, 0.29) is 17.4 Å². The standard InChI is InChI=1S/C15H16F2N4O/c1-21-12(14(16)17)7-11(20-21)15(22)19-13(9-4-5-9)10-3-2-6-18-8-10/h2-3,6-9,13-14H,4-5H2,1H3,(H,19,22). The summed E-state index contributed by atoms with van der Waals surface area (Å²) in [4.78, 5) is 16.4. The summed E-state index contributed by atoms with van der Waals surface area (Å²) in [6.45, 7) is 0. The summed E-state index contributed by atoms with van der Waals surface area (Å²) in [5, 5.41) is 6.76. The Morgan fingerprint density at radius 1 is 1.45 bits per heavy atom. The molecule has 1 atom stereocenters. The normalized spacial score (nSPS) is 15.8. The highest BCUT2D eigenvalue weighted by Crippen LogP contribution is 2.40. The Bertz CT molecular complexity index is 667. The molecule has 1 aliphatic rings. The van der Waals surface area contributed by atoms with Gasteiger partial charge in [-0.3, -0.25) is 14.5 Å². The Morgan fingerprint density at radius 3 is 2.77 bits per heavy atom. The third-order valence-corrected chi connectivity index (χ3v) is 3.80. The molecule has 2 aromatic rings. The lowest BCUT2D eigenvalue weighted by Gasteiger charge is -2.17. The Kier molecular flexibility index (Phi) is 3.87. The van der Waals surface area contributed by atoms with Crippen LogP contribution in [0.4, 0.5) is 8.78 Å². The van der Waals surface area contributed by atoms with Crippen molar-refractivity contribution in [2.75, 3.05) is 0 Å². The van der Waals surface area contributed by atoms with Crippen molar-refractivity contribution in [2.45, 2.75) is 25.3 Å². The SMILES string of the molecule is Cn1nc(C(=O)NC(c2cccnc2)C2CC2)cc1C(F)F. The fourth-order valence-electron chi connectivity index (χ4n) is 2.47. The first-order valence-corrected chi connectivity index (χ1v) is 7.09. The quantitative estimate of drug-likeness (QED) is 0.924. The highest BCUT2D eigenvalue weighted by molar-refractivity contribution is 5.92. The van der Waals surface area contributed by atoms with Crippen LogP contribution in [0.2, 0.25) is 0 Å². The fourth-order valence-corrected chi connectivity index (χ4v) is 2.47. The van der Waals surface area contributed by atoms with Crippen molar-refractivity contribution in [3.05, 3.63) is 47.5 Å². The smallest absolute Gasteiger partial charge is 0.280 e. The second-order valence-electron chi connectivity index (χ2n) is 5.45. The van der Waals surface area contributed by atoms with Gasteiger partial charge in [0.25, 0.3) is 12.3 Å². The maximum Gasteiger partial charge on any atom is 0.280 e. The molecule has 1 unspecified atom stereocenters. The summed E-state index contributed by atoms with van der Waals surface area (Å²) in [6, 6.07) is 4.69. The zero-order valence-electron chi connectivity index (χ0n) is 12.0. The first-order valence-electron chi connectivity index (χ1n) is 7.09. The van der Waals surface area contributed by atoms with Crippen LogP contribution in [0.15, 0.2) is 30.6 Å². The van der Waals surface area contributed by atoms with Gasteiger partial charge in [0.05, 0.1) is 6.04 Å². The second kappa shape index (κ2) is 5.82. The number of pyridine rings is 1. The summed E-state index contributed by atoms with van der Waals surface area (Å²) in [5.41, 5.74) is 0.658. The molecule has 5 nitrogen and oxygen atoms in total. The molecule has 0 bridgehead atoms. The molecule has 0 radical (unpaired) electrons. The molecule has 1 amide bonds. The molecule has 2 heterocycles. The van der Waals surface area contributed by atoms with Crippen LogP contribution in [-0.4, -0.2) is 20.7 Å². The molecule has 3 rings (SSSR count). The maximum absolute atomic E-state index is 12.8. The number of amides is 1. The lowest BCUT2D eigenvalue weighted by molar-refractivity contribution is 0.0925. The number of hydrogen-bond donors (Lipinski definition) is 1. The molecule has 1 aliphatic carbocycles. The Morgan fingerprint density at radius 2 is 2.23 bits per heavy atom. The molecule has 0 aromatic carbocycles. The van der Waals surface area contributed by atoms with Gasteiger partial charge in [-0.1, -0.05) is 6.07 Å². The number of hydrogen-bond acceptors (Lipinski definition) is 3. The average molecular weight is 306 g/mol. The molecule has 0 spiro atoms. The van der Waals surface area contributed by atoms with E-state index in [1.165, 1.54) is 7.05 Å². The van der Waals surface area contributed by atoms with Crippen molar-refractivity contribution in [3.8, 4) is 0 Å². The monoisotopic (exact) mass is 306 g/mol. The van der Waals surface area contributed by atoms with Gasteiger partial charge < -0.3 is 5.32 Å². The number of halogens is 2. The molecule has 1 N–H and O–H groups in total. The largest absolute Gasteiger partial charge is 0.344 e. The number of rotatable bonds is 5. The first kappa shape index (κ1) is 14.6. The van der Waals surface area contributed by atoms with E-state index in [0.29, 0.717) is 5.92 Å². The molecule has 1 saturated carbocycles. The van der Waals surface area contributed by atoms with Gasteiger partial charge in [-0.05, 0) is 36.5 Å². The summed E-state index contributed by atoms with van der Waals surface area (Å²) in [7, 11) is 1.40. The van der Waals surface area contributed by atoms with Gasteiger partial charge >= 0.3 is 0 Å². The highest BCUT2D eigenvalue weighted by Gasteiger charge is 2.34. The summed E-state index contributed by atoms with van der Waals surface area (Å²) in [6.07, 6.45) is 2.79. The number of carbonyl (C=O) groups is 1. The molecule has 22 heavy (non-hydrogen) atoms. The highest BCUT2D eigenvalue weighted by atomic mass is 19.3. The molecule has 7 heteroatoms. The zero-order valence-corrected chi connectivity index (χ0v) is 12.0. The summed E-state index contributed by atoms with van der Waals surface area (Å²) in [5.74, 6) is -0.0744. The Balaban J connectivity index is 1.78. The van der Waals surface area contributed by atoms with Crippen LogP contribution in [0.25, 0.3) is 0 Å². The Hall–Kier alpha value is -2.31. The Labute approximate surface area is 126 Å². The molecular weight excluding hydrogens is 290 g/mol. The fraction of sp³-hybridized carbons (Fsp3) is 0.400. The number of nitrogens with one attached hydrogen (secondary N) is 1. The van der Waals surface area contributed by atoms with Gasteiger partial charge in [-0.25, -0.2) is 8.78 Å². The summed E-state index contributed by atoms with van der Waals surface area (Å²) < 4.78 is 26.6. The minimum absolute atomic E-state index is 0.00680. The third-order valence-electron chi connectivity index (χ3n) is 3.80. The number of aryl methyl sites for hydroxylation is 1. The number of nitrogens with zero attached hydrogens (tertiary/aromatic N) is 3. The van der Waals surface area contributed by atoms with Gasteiger partial charge in [0, 0.05) is 19.4 Å². The number of aromatic nitrogens is 3. The van der Waals surface area contributed by atoms with Crippen LogP contribution in [0.3, 0.4) is 0 Å². The molecule has 0 aliphatic heterocycles. The van der Waals surface area contributed by atoms with E-state index in [1.54, 1.807) is 12.4 Å². The van der Waals surface area contributed by atoms with E-state index in [1.807, 2.05) is 12.1 Å². The number of alkyl halides is 2. The van der Waals surface area contributed by atoms with Crippen molar-refractivity contribution in [3.63, 3.8) is 0 Å². The molecular formula is C15H16F2N4O. The van der Waals surface area contributed by atoms with E-state index in [4.69, 9.17) is 0 Å². The number of carbonyl (C=O) groups excluding carboxylic acids is 1. The maximum atomic E-state index is 12.8. The third kappa shape index (κ3) is 2.98. The van der Waals surface area contributed by atoms with Gasteiger partial charge in [0.1, 0.15) is 5.69 Å². The van der Waals surface area contributed by atoms with Gasteiger partial charge in [0.2, 0.25) is 0 Å². The molecule has 2 aromatic heterocycles. The van der Waals surface area contributed by atoms with E-state index in [2.05, 4.69) is 15.4 Å². The minimum Gasteiger partial charge on any atom is -0.344 e. The average Bonchev–Trinajstić information content (AvgIpc) is 3.26. The lowest BCUT2D eigenvalue weighted by Crippen LogP contribution is -2.30. The van der Waals surface area contributed by atoms with Crippen LogP contribution in [-0.2, 0) is 7.05 Å². The van der Waals surface area contributed by atoms with Crippen LogP contribution in [0.1, 0.15) is 47.1 Å². The topological polar surface area (TPSA) is 59.8 Å². The van der Waals surface area contributed by atoms with Crippen molar-refractivity contribution in [1.82, 2.24) is 20.1 Å². The van der Waals surface area contributed by atoms with E-state index >= 15 is 0 Å². The van der Waals surface area contributed by atoms with Crippen LogP contribution in [0.5, 0.6) is 0 Å². The van der Waals surface area contributed by atoms with E-state index in [0.717, 1.165) is 29.2 Å². The van der Waals surface area contributed by atoms with Gasteiger partial charge in [-0.2, -0.15) is 5.10 Å². The van der Waals surface area contributed by atoms with Gasteiger partial charge in [0.15, 0.2) is 5.69 Å². The van der Waals surface area contributed by atoms with Crippen molar-refractivity contribution < 1.29 is 13.6 Å². The van der Waals surface area contributed by atoms with Crippen LogP contribution < -0.4 is 5.32 Å². The van der Waals surface area contributed by atoms with Crippen LogP contribution >= 0.6 is 0 Å². The molecule has 0 saturated heterocycles. The predicted molar refractivity (Wildman–Crippen MR) is 75.3 cm³/mol. The molecule has 116 valence electrons. The van der Waals surface area contributed by atoms with E-state index in [9.17, 15) is 13.6 Å². The van der Waals surface area contributed by atoms with E-state index < -0.39 is 12.3 Å². The lowest BCUT2D eigenvalue weighted by atomic mass is 10.0. The van der Waals surface area contributed by atoms with Crippen molar-refractivity contribution in [1.29, 1.82) is 0 Å². The van der Waals surface area contributed by atoms with Crippen LogP contribution in [0, 0.1) is 5.92 Å².